The van der Waals surface area contributed by atoms with Gasteiger partial charge in [-0.3, -0.25) is 9.89 Å². The van der Waals surface area contributed by atoms with Gasteiger partial charge in [0.25, 0.3) is 12.0 Å². The van der Waals surface area contributed by atoms with Crippen LogP contribution in [0, 0.1) is 0 Å². The van der Waals surface area contributed by atoms with E-state index < -0.39 is 12.2 Å². The van der Waals surface area contributed by atoms with Crippen molar-refractivity contribution in [1.82, 2.24) is 14.6 Å². The van der Waals surface area contributed by atoms with E-state index >= 15 is 0 Å². The molecule has 90 valence electrons. The Morgan fingerprint density at radius 2 is 2.18 bits per heavy atom. The van der Waals surface area contributed by atoms with E-state index in [4.69, 9.17) is 0 Å². The van der Waals surface area contributed by atoms with E-state index in [0.29, 0.717) is 5.92 Å². The zero-order valence-electron chi connectivity index (χ0n) is 8.99. The molecule has 3 rings (SSSR count). The van der Waals surface area contributed by atoms with E-state index in [-0.39, 0.29) is 11.2 Å². The summed E-state index contributed by atoms with van der Waals surface area (Å²) in [5.41, 5.74) is 0.854. The smallest absolute Gasteiger partial charge is 0.271 e. The van der Waals surface area contributed by atoms with Crippen molar-refractivity contribution in [3.63, 3.8) is 0 Å². The first-order chi connectivity index (χ1) is 8.15. The third kappa shape index (κ3) is 1.64. The molecule has 1 saturated carbocycles. The minimum atomic E-state index is -2.69. The van der Waals surface area contributed by atoms with E-state index in [1.54, 1.807) is 6.07 Å². The van der Waals surface area contributed by atoms with Gasteiger partial charge in [-0.1, -0.05) is 6.42 Å². The van der Waals surface area contributed by atoms with Crippen molar-refractivity contribution in [2.45, 2.75) is 31.6 Å². The fourth-order valence-electron chi connectivity index (χ4n) is 2.11. The van der Waals surface area contributed by atoms with Crippen LogP contribution in [-0.4, -0.2) is 14.6 Å². The molecular weight excluding hydrogens is 228 g/mol. The number of fused-ring (bicyclic) bond motifs is 1. The van der Waals surface area contributed by atoms with Crippen molar-refractivity contribution in [2.75, 3.05) is 0 Å². The molecule has 0 saturated heterocycles. The van der Waals surface area contributed by atoms with Gasteiger partial charge in [-0.15, -0.1) is 0 Å². The zero-order valence-corrected chi connectivity index (χ0v) is 8.99. The van der Waals surface area contributed by atoms with Gasteiger partial charge in [0.2, 0.25) is 0 Å². The first kappa shape index (κ1) is 10.4. The second kappa shape index (κ2) is 3.65. The van der Waals surface area contributed by atoms with Crippen LogP contribution in [-0.2, 0) is 0 Å². The van der Waals surface area contributed by atoms with E-state index in [0.717, 1.165) is 29.3 Å². The van der Waals surface area contributed by atoms with Gasteiger partial charge in [-0.05, 0) is 30.4 Å². The monoisotopic (exact) mass is 239 g/mol. The van der Waals surface area contributed by atoms with Gasteiger partial charge in [-0.25, -0.2) is 18.3 Å². The van der Waals surface area contributed by atoms with Gasteiger partial charge in [-0.2, -0.15) is 0 Å². The molecule has 4 nitrogen and oxygen atoms in total. The van der Waals surface area contributed by atoms with Crippen LogP contribution in [0.15, 0.2) is 16.9 Å². The first-order valence-corrected chi connectivity index (χ1v) is 5.56. The maximum atomic E-state index is 12.5. The largest absolute Gasteiger partial charge is 0.296 e. The van der Waals surface area contributed by atoms with Gasteiger partial charge in [0.15, 0.2) is 11.5 Å². The van der Waals surface area contributed by atoms with Crippen LogP contribution < -0.4 is 5.56 Å². The maximum Gasteiger partial charge on any atom is 0.296 e. The van der Waals surface area contributed by atoms with Crippen molar-refractivity contribution in [3.8, 4) is 0 Å². The lowest BCUT2D eigenvalue weighted by Gasteiger charge is -2.25. The second-order valence-electron chi connectivity index (χ2n) is 4.36. The van der Waals surface area contributed by atoms with Crippen molar-refractivity contribution in [2.24, 2.45) is 0 Å². The molecule has 6 heteroatoms. The van der Waals surface area contributed by atoms with Crippen LogP contribution in [0.5, 0.6) is 0 Å². The van der Waals surface area contributed by atoms with Crippen molar-refractivity contribution >= 4 is 5.65 Å². The second-order valence-corrected chi connectivity index (χ2v) is 4.36. The topological polar surface area (TPSA) is 50.2 Å². The Labute approximate surface area is 95.3 Å². The average molecular weight is 239 g/mol. The molecule has 0 bridgehead atoms. The van der Waals surface area contributed by atoms with Crippen molar-refractivity contribution in [3.05, 3.63) is 33.9 Å². The number of alkyl halides is 2. The van der Waals surface area contributed by atoms with Gasteiger partial charge < -0.3 is 0 Å². The number of aromatic nitrogens is 3. The number of nitrogens with zero attached hydrogens (tertiary/aromatic N) is 2. The van der Waals surface area contributed by atoms with E-state index in [2.05, 4.69) is 10.1 Å². The molecular formula is C11H11F2N3O. The molecule has 1 aliphatic carbocycles. The highest BCUT2D eigenvalue weighted by Gasteiger charge is 2.21. The number of H-pyrrole nitrogens is 1. The normalized spacial score (nSPS) is 16.6. The minimum absolute atomic E-state index is 0.273. The summed E-state index contributed by atoms with van der Waals surface area (Å²) in [6, 6.07) is 3.22. The molecule has 0 radical (unpaired) electrons. The Hall–Kier alpha value is -1.72. The number of halogens is 2. The fraction of sp³-hybridized carbons (Fsp3) is 0.455. The Morgan fingerprint density at radius 1 is 1.41 bits per heavy atom. The van der Waals surface area contributed by atoms with Gasteiger partial charge in [0, 0.05) is 6.07 Å². The van der Waals surface area contributed by atoms with Gasteiger partial charge >= 0.3 is 0 Å². The Balaban J connectivity index is 2.14. The summed E-state index contributed by atoms with van der Waals surface area (Å²) in [6.45, 7) is 0. The highest BCUT2D eigenvalue weighted by molar-refractivity contribution is 5.42. The Kier molecular flexibility index (Phi) is 2.24. The van der Waals surface area contributed by atoms with Crippen molar-refractivity contribution in [1.29, 1.82) is 0 Å². The molecule has 0 aromatic carbocycles. The van der Waals surface area contributed by atoms with Gasteiger partial charge in [0.05, 0.1) is 0 Å². The lowest BCUT2D eigenvalue weighted by molar-refractivity contribution is 0.140. The summed E-state index contributed by atoms with van der Waals surface area (Å²) in [4.78, 5) is 15.5. The lowest BCUT2D eigenvalue weighted by Crippen LogP contribution is -2.17. The number of rotatable bonds is 2. The average Bonchev–Trinajstić information content (AvgIpc) is 2.59. The Morgan fingerprint density at radius 3 is 2.76 bits per heavy atom. The highest BCUT2D eigenvalue weighted by Crippen LogP contribution is 2.35. The number of aromatic amines is 1. The van der Waals surface area contributed by atoms with E-state index in [9.17, 15) is 13.6 Å². The van der Waals surface area contributed by atoms with Gasteiger partial charge in [0.1, 0.15) is 0 Å². The van der Waals surface area contributed by atoms with Crippen LogP contribution >= 0.6 is 0 Å². The van der Waals surface area contributed by atoms with Crippen LogP contribution in [0.2, 0.25) is 0 Å². The van der Waals surface area contributed by atoms with Crippen LogP contribution in [0.25, 0.3) is 5.65 Å². The summed E-state index contributed by atoms with van der Waals surface area (Å²) < 4.78 is 26.0. The molecule has 0 amide bonds. The fourth-order valence-corrected chi connectivity index (χ4v) is 2.11. The molecule has 0 atom stereocenters. The highest BCUT2D eigenvalue weighted by atomic mass is 19.3. The summed E-state index contributed by atoms with van der Waals surface area (Å²) >= 11 is 0. The first-order valence-electron chi connectivity index (χ1n) is 5.56. The molecule has 1 aliphatic rings. The van der Waals surface area contributed by atoms with Crippen LogP contribution in [0.1, 0.15) is 43.0 Å². The minimum Gasteiger partial charge on any atom is -0.271 e. The molecule has 0 spiro atoms. The third-order valence-electron chi connectivity index (χ3n) is 3.28. The number of hydrogen-bond donors (Lipinski definition) is 1. The predicted octanol–water partition coefficient (Wildman–Crippen LogP) is 2.23. The summed E-state index contributed by atoms with van der Waals surface area (Å²) in [7, 11) is 0. The molecule has 2 heterocycles. The Bertz CT molecular complexity index is 613. The predicted molar refractivity (Wildman–Crippen MR) is 57.4 cm³/mol. The van der Waals surface area contributed by atoms with Crippen LogP contribution in [0.3, 0.4) is 0 Å². The van der Waals surface area contributed by atoms with E-state index in [1.165, 1.54) is 6.07 Å². The molecule has 0 aliphatic heterocycles. The zero-order chi connectivity index (χ0) is 12.0. The molecule has 2 aromatic rings. The number of hydrogen-bond acceptors (Lipinski definition) is 2. The maximum absolute atomic E-state index is 12.5. The van der Waals surface area contributed by atoms with Crippen LogP contribution in [0.4, 0.5) is 8.78 Å². The quantitative estimate of drug-likeness (QED) is 0.873. The molecule has 17 heavy (non-hydrogen) atoms. The van der Waals surface area contributed by atoms with E-state index in [1.807, 2.05) is 0 Å². The van der Waals surface area contributed by atoms with Crippen molar-refractivity contribution < 1.29 is 8.78 Å². The molecule has 1 N–H and O–H groups in total. The SMILES string of the molecule is O=c1cc(C2CCC2)cc2nc(C(F)F)[nH]n12. The lowest BCUT2D eigenvalue weighted by atomic mass is 9.80. The molecule has 0 unspecified atom stereocenters. The summed E-state index contributed by atoms with van der Waals surface area (Å²) in [5, 5.41) is 2.31. The summed E-state index contributed by atoms with van der Waals surface area (Å²) in [5.74, 6) is -0.0766. The molecule has 1 fully saturated rings. The molecule has 2 aromatic heterocycles. The third-order valence-corrected chi connectivity index (χ3v) is 3.28. The summed E-state index contributed by atoms with van der Waals surface area (Å²) in [6.07, 6.45) is 0.581. The standard InChI is InChI=1S/C11H11F2N3O/c12-10(13)11-14-8-4-7(6-2-1-3-6)5-9(17)16(8)15-11/h4-6,10H,1-3H2,(H,14,15). The number of nitrogens with one attached hydrogen (secondary N) is 1. The number of pyridine rings is 1.